The predicted octanol–water partition coefficient (Wildman–Crippen LogP) is 2.10. The fourth-order valence-electron chi connectivity index (χ4n) is 2.64. The van der Waals surface area contributed by atoms with Crippen LogP contribution in [0.25, 0.3) is 0 Å². The maximum atomic E-state index is 11.5. The molecule has 0 spiro atoms. The molecule has 1 fully saturated rings. The summed E-state index contributed by atoms with van der Waals surface area (Å²) in [7, 11) is 0. The number of piperidine rings is 1. The summed E-state index contributed by atoms with van der Waals surface area (Å²) in [5, 5.41) is 13.4. The number of nitrogens with zero attached hydrogens (tertiary/aromatic N) is 3. The van der Waals surface area contributed by atoms with Crippen LogP contribution in [0.2, 0.25) is 0 Å². The Balaban J connectivity index is 2.07. The van der Waals surface area contributed by atoms with Crippen LogP contribution in [0.5, 0.6) is 0 Å². The first kappa shape index (κ1) is 15.0. The number of hydrogen-bond acceptors (Lipinski definition) is 5. The minimum absolute atomic E-state index is 0.411. The van der Waals surface area contributed by atoms with Crippen LogP contribution in [0.4, 0.5) is 0 Å². The van der Waals surface area contributed by atoms with Crippen LogP contribution < -0.4 is 0 Å². The molecule has 0 amide bonds. The molecule has 6 heteroatoms. The van der Waals surface area contributed by atoms with Gasteiger partial charge in [-0.3, -0.25) is 9.69 Å². The van der Waals surface area contributed by atoms with Crippen LogP contribution in [0.1, 0.15) is 51.7 Å². The maximum absolute atomic E-state index is 11.5. The first-order valence-corrected chi connectivity index (χ1v) is 7.21. The standard InChI is InChI=1S/C14H23N3O3/c1-10(2)8-11-15-12(20-16-11)9-17-7-5-4-6-14(17,3)13(18)19/h10H,4-9H2,1-3H3,(H,18,19). The van der Waals surface area contributed by atoms with E-state index in [1.165, 1.54) is 0 Å². The number of aromatic nitrogens is 2. The zero-order valence-electron chi connectivity index (χ0n) is 12.4. The number of carboxylic acids is 1. The molecule has 1 saturated heterocycles. The SMILES string of the molecule is CC(C)Cc1noc(CN2CCCCC2(C)C(=O)O)n1. The third-order valence-corrected chi connectivity index (χ3v) is 3.93. The molecule has 20 heavy (non-hydrogen) atoms. The summed E-state index contributed by atoms with van der Waals surface area (Å²) in [6.07, 6.45) is 3.40. The Morgan fingerprint density at radius 3 is 2.90 bits per heavy atom. The fraction of sp³-hybridized carbons (Fsp3) is 0.786. The van der Waals surface area contributed by atoms with Crippen molar-refractivity contribution in [3.63, 3.8) is 0 Å². The Morgan fingerprint density at radius 2 is 2.25 bits per heavy atom. The quantitative estimate of drug-likeness (QED) is 0.890. The summed E-state index contributed by atoms with van der Waals surface area (Å²) in [5.41, 5.74) is -0.828. The van der Waals surface area contributed by atoms with Crippen LogP contribution in [0, 0.1) is 5.92 Å². The maximum Gasteiger partial charge on any atom is 0.323 e. The molecule has 1 aromatic heterocycles. The highest BCUT2D eigenvalue weighted by Crippen LogP contribution is 2.29. The van der Waals surface area contributed by atoms with Crippen LogP contribution in [-0.4, -0.2) is 38.2 Å². The lowest BCUT2D eigenvalue weighted by Crippen LogP contribution is -2.54. The van der Waals surface area contributed by atoms with Crippen molar-refractivity contribution in [1.29, 1.82) is 0 Å². The van der Waals surface area contributed by atoms with E-state index in [1.54, 1.807) is 6.92 Å². The normalized spacial score (nSPS) is 24.2. The van der Waals surface area contributed by atoms with Gasteiger partial charge in [-0.2, -0.15) is 4.98 Å². The van der Waals surface area contributed by atoms with Crippen molar-refractivity contribution in [3.05, 3.63) is 11.7 Å². The first-order valence-electron chi connectivity index (χ1n) is 7.21. The number of rotatable bonds is 5. The molecule has 0 aromatic carbocycles. The Morgan fingerprint density at radius 1 is 1.50 bits per heavy atom. The Labute approximate surface area is 119 Å². The summed E-state index contributed by atoms with van der Waals surface area (Å²) in [4.78, 5) is 17.8. The third kappa shape index (κ3) is 3.17. The second-order valence-electron chi connectivity index (χ2n) is 6.16. The number of hydrogen-bond donors (Lipinski definition) is 1. The van der Waals surface area contributed by atoms with Crippen molar-refractivity contribution in [2.45, 2.75) is 58.5 Å². The number of likely N-dealkylation sites (tertiary alicyclic amines) is 1. The van der Waals surface area contributed by atoms with E-state index in [1.807, 2.05) is 4.90 Å². The zero-order valence-corrected chi connectivity index (χ0v) is 12.4. The van der Waals surface area contributed by atoms with Crippen molar-refractivity contribution in [1.82, 2.24) is 15.0 Å². The van der Waals surface area contributed by atoms with Gasteiger partial charge in [0, 0.05) is 6.42 Å². The topological polar surface area (TPSA) is 79.5 Å². The zero-order chi connectivity index (χ0) is 14.8. The minimum atomic E-state index is -0.828. The highest BCUT2D eigenvalue weighted by atomic mass is 16.5. The number of carbonyl (C=O) groups is 1. The molecule has 1 unspecified atom stereocenters. The Kier molecular flexibility index (Phi) is 4.42. The van der Waals surface area contributed by atoms with Gasteiger partial charge in [0.15, 0.2) is 5.82 Å². The second-order valence-corrected chi connectivity index (χ2v) is 6.16. The van der Waals surface area contributed by atoms with Gasteiger partial charge in [0.25, 0.3) is 0 Å². The van der Waals surface area contributed by atoms with Crippen LogP contribution in [0.3, 0.4) is 0 Å². The van der Waals surface area contributed by atoms with Crippen molar-refractivity contribution < 1.29 is 14.4 Å². The van der Waals surface area contributed by atoms with Crippen LogP contribution >= 0.6 is 0 Å². The van der Waals surface area contributed by atoms with Gasteiger partial charge < -0.3 is 9.63 Å². The molecule has 0 bridgehead atoms. The molecule has 0 radical (unpaired) electrons. The molecule has 1 aliphatic rings. The second kappa shape index (κ2) is 5.91. The van der Waals surface area contributed by atoms with Crippen molar-refractivity contribution in [3.8, 4) is 0 Å². The molecule has 1 aromatic rings. The largest absolute Gasteiger partial charge is 0.480 e. The van der Waals surface area contributed by atoms with E-state index in [-0.39, 0.29) is 0 Å². The molecule has 1 atom stereocenters. The van der Waals surface area contributed by atoms with E-state index in [4.69, 9.17) is 4.52 Å². The van der Waals surface area contributed by atoms with E-state index in [9.17, 15) is 9.90 Å². The Hall–Kier alpha value is -1.43. The fourth-order valence-corrected chi connectivity index (χ4v) is 2.64. The molecule has 0 saturated carbocycles. The highest BCUT2D eigenvalue weighted by Gasteiger charge is 2.41. The smallest absolute Gasteiger partial charge is 0.323 e. The van der Waals surface area contributed by atoms with E-state index in [0.717, 1.165) is 25.8 Å². The van der Waals surface area contributed by atoms with Crippen molar-refractivity contribution in [2.24, 2.45) is 5.92 Å². The minimum Gasteiger partial charge on any atom is -0.480 e. The predicted molar refractivity (Wildman–Crippen MR) is 73.1 cm³/mol. The van der Waals surface area contributed by atoms with E-state index >= 15 is 0 Å². The van der Waals surface area contributed by atoms with E-state index in [2.05, 4.69) is 24.0 Å². The lowest BCUT2D eigenvalue weighted by molar-refractivity contribution is -0.153. The average Bonchev–Trinajstić information content (AvgIpc) is 2.78. The molecular formula is C14H23N3O3. The van der Waals surface area contributed by atoms with Gasteiger partial charge in [0.2, 0.25) is 5.89 Å². The summed E-state index contributed by atoms with van der Waals surface area (Å²) in [5.74, 6) is 0.901. The van der Waals surface area contributed by atoms with Crippen LogP contribution in [-0.2, 0) is 17.8 Å². The Bertz CT molecular complexity index is 472. The van der Waals surface area contributed by atoms with Gasteiger partial charge in [0.1, 0.15) is 5.54 Å². The monoisotopic (exact) mass is 281 g/mol. The van der Waals surface area contributed by atoms with Crippen molar-refractivity contribution in [2.75, 3.05) is 6.54 Å². The summed E-state index contributed by atoms with van der Waals surface area (Å²) in [6.45, 7) is 7.14. The third-order valence-electron chi connectivity index (χ3n) is 3.93. The summed E-state index contributed by atoms with van der Waals surface area (Å²) < 4.78 is 5.25. The van der Waals surface area contributed by atoms with Gasteiger partial charge in [-0.05, 0) is 38.6 Å². The highest BCUT2D eigenvalue weighted by molar-refractivity contribution is 5.78. The molecule has 1 N–H and O–H groups in total. The van der Waals surface area contributed by atoms with E-state index < -0.39 is 11.5 Å². The van der Waals surface area contributed by atoms with Gasteiger partial charge in [-0.25, -0.2) is 0 Å². The summed E-state index contributed by atoms with van der Waals surface area (Å²) >= 11 is 0. The molecule has 2 rings (SSSR count). The number of aliphatic carboxylic acids is 1. The molecular weight excluding hydrogens is 258 g/mol. The summed E-state index contributed by atoms with van der Waals surface area (Å²) in [6, 6.07) is 0. The molecule has 2 heterocycles. The van der Waals surface area contributed by atoms with Crippen LogP contribution in [0.15, 0.2) is 4.52 Å². The molecule has 112 valence electrons. The van der Waals surface area contributed by atoms with Gasteiger partial charge in [-0.1, -0.05) is 19.0 Å². The lowest BCUT2D eigenvalue weighted by Gasteiger charge is -2.40. The van der Waals surface area contributed by atoms with Gasteiger partial charge in [0.05, 0.1) is 6.54 Å². The lowest BCUT2D eigenvalue weighted by atomic mass is 9.88. The molecule has 0 aliphatic carbocycles. The molecule has 6 nitrogen and oxygen atoms in total. The van der Waals surface area contributed by atoms with Gasteiger partial charge in [-0.15, -0.1) is 0 Å². The van der Waals surface area contributed by atoms with Gasteiger partial charge >= 0.3 is 5.97 Å². The van der Waals surface area contributed by atoms with Crippen molar-refractivity contribution >= 4 is 5.97 Å². The number of carboxylic acid groups (broad SMARTS) is 1. The average molecular weight is 281 g/mol. The molecule has 1 aliphatic heterocycles. The van der Waals surface area contributed by atoms with E-state index in [0.29, 0.717) is 30.6 Å². The first-order chi connectivity index (χ1) is 9.41.